The van der Waals surface area contributed by atoms with E-state index in [0.29, 0.717) is 10.9 Å². The summed E-state index contributed by atoms with van der Waals surface area (Å²) in [5, 5.41) is 20.5. The van der Waals surface area contributed by atoms with Gasteiger partial charge < -0.3 is 0 Å². The molecular weight excluding hydrogens is 220 g/mol. The Balaban J connectivity index is 2.36. The Bertz CT molecular complexity index is 730. The van der Waals surface area contributed by atoms with E-state index in [-0.39, 0.29) is 16.9 Å². The average molecular weight is 228 g/mol. The van der Waals surface area contributed by atoms with Crippen LogP contribution >= 0.6 is 0 Å². The number of benzene rings is 1. The molecule has 0 fully saturated rings. The fourth-order valence-electron chi connectivity index (χ4n) is 1.65. The van der Waals surface area contributed by atoms with Crippen molar-refractivity contribution in [3.8, 4) is 11.5 Å². The van der Waals surface area contributed by atoms with Crippen molar-refractivity contribution < 1.29 is 0 Å². The van der Waals surface area contributed by atoms with Crippen molar-refractivity contribution in [2.45, 2.75) is 6.92 Å². The number of fused-ring (bicyclic) bond motifs is 1. The Morgan fingerprint density at radius 1 is 1.24 bits per heavy atom. The highest BCUT2D eigenvalue weighted by Gasteiger charge is 2.12. The van der Waals surface area contributed by atoms with Crippen LogP contribution in [0.4, 0.5) is 0 Å². The van der Waals surface area contributed by atoms with Crippen LogP contribution in [0.15, 0.2) is 23.0 Å². The zero-order valence-corrected chi connectivity index (χ0v) is 8.93. The largest absolute Gasteiger partial charge is 0.287 e. The van der Waals surface area contributed by atoms with Gasteiger partial charge in [-0.3, -0.25) is 9.89 Å². The summed E-state index contributed by atoms with van der Waals surface area (Å²) in [5.74, 6) is 0.189. The maximum atomic E-state index is 12.2. The molecule has 0 unspecified atom stereocenters. The van der Waals surface area contributed by atoms with Crippen LogP contribution in [0.2, 0.25) is 0 Å². The Hall–Kier alpha value is -2.57. The molecule has 0 amide bonds. The van der Waals surface area contributed by atoms with Crippen molar-refractivity contribution in [3.63, 3.8) is 0 Å². The zero-order chi connectivity index (χ0) is 11.8. The van der Waals surface area contributed by atoms with Crippen molar-refractivity contribution in [3.05, 3.63) is 34.0 Å². The number of nitrogens with zero attached hydrogens (tertiary/aromatic N) is 4. The second kappa shape index (κ2) is 3.48. The number of aromatic amines is 2. The molecule has 0 saturated carbocycles. The van der Waals surface area contributed by atoms with Crippen molar-refractivity contribution in [1.82, 2.24) is 30.8 Å². The number of tetrazole rings is 1. The van der Waals surface area contributed by atoms with Gasteiger partial charge in [-0.05, 0) is 24.3 Å². The van der Waals surface area contributed by atoms with Crippen molar-refractivity contribution in [2.24, 2.45) is 0 Å². The summed E-state index contributed by atoms with van der Waals surface area (Å²) in [6.07, 6.45) is 0. The highest BCUT2D eigenvalue weighted by molar-refractivity contribution is 5.81. The van der Waals surface area contributed by atoms with Crippen LogP contribution in [0.25, 0.3) is 22.4 Å². The molecule has 0 radical (unpaired) electrons. The zero-order valence-electron chi connectivity index (χ0n) is 8.93. The molecule has 0 atom stereocenters. The van der Waals surface area contributed by atoms with E-state index < -0.39 is 0 Å². The van der Waals surface area contributed by atoms with Crippen LogP contribution in [-0.2, 0) is 0 Å². The number of hydrogen-bond donors (Lipinski definition) is 2. The number of aryl methyl sites for hydroxylation is 1. The molecule has 7 nitrogen and oxygen atoms in total. The number of hydrogen-bond acceptors (Lipinski definition) is 5. The maximum Gasteiger partial charge on any atom is 0.228 e. The van der Waals surface area contributed by atoms with Gasteiger partial charge in [0.25, 0.3) is 0 Å². The molecule has 7 heteroatoms. The summed E-state index contributed by atoms with van der Waals surface area (Å²) in [7, 11) is 0. The summed E-state index contributed by atoms with van der Waals surface area (Å²) in [4.78, 5) is 12.2. The topological polar surface area (TPSA) is 100 Å². The number of aromatic nitrogens is 6. The van der Waals surface area contributed by atoms with Crippen molar-refractivity contribution in [2.75, 3.05) is 0 Å². The van der Waals surface area contributed by atoms with E-state index in [1.54, 1.807) is 6.07 Å². The van der Waals surface area contributed by atoms with Crippen LogP contribution in [0.5, 0.6) is 0 Å². The third-order valence-electron chi connectivity index (χ3n) is 2.48. The summed E-state index contributed by atoms with van der Waals surface area (Å²) >= 11 is 0. The standard InChI is InChI=1S/C10H8N6O/c1-5-2-3-7-6(4-5)9(17)8(12-11-7)10-13-15-16-14-10/h2-4H,1H3,(H,11,17)(H,13,14,15,16). The molecule has 1 aromatic carbocycles. The van der Waals surface area contributed by atoms with Gasteiger partial charge in [0.1, 0.15) is 0 Å². The lowest BCUT2D eigenvalue weighted by molar-refractivity contribution is 0.881. The molecule has 2 heterocycles. The Morgan fingerprint density at radius 3 is 2.88 bits per heavy atom. The van der Waals surface area contributed by atoms with Gasteiger partial charge in [0.2, 0.25) is 11.3 Å². The van der Waals surface area contributed by atoms with Crippen molar-refractivity contribution >= 4 is 10.9 Å². The predicted octanol–water partition coefficient (Wildman–Crippen LogP) is 0.412. The minimum absolute atomic E-state index is 0.164. The van der Waals surface area contributed by atoms with Crippen LogP contribution in [0.3, 0.4) is 0 Å². The Labute approximate surface area is 94.9 Å². The third kappa shape index (κ3) is 1.48. The first-order valence-electron chi connectivity index (χ1n) is 4.98. The summed E-state index contributed by atoms with van der Waals surface area (Å²) in [6.45, 7) is 1.92. The van der Waals surface area contributed by atoms with E-state index in [9.17, 15) is 4.79 Å². The smallest absolute Gasteiger partial charge is 0.228 e. The van der Waals surface area contributed by atoms with E-state index in [1.165, 1.54) is 0 Å². The number of H-pyrrole nitrogens is 2. The second-order valence-electron chi connectivity index (χ2n) is 3.69. The van der Waals surface area contributed by atoms with Crippen LogP contribution in [0, 0.1) is 6.92 Å². The van der Waals surface area contributed by atoms with Crippen molar-refractivity contribution in [1.29, 1.82) is 0 Å². The Kier molecular flexibility index (Phi) is 1.97. The molecule has 0 aliphatic heterocycles. The van der Waals surface area contributed by atoms with E-state index in [2.05, 4.69) is 30.8 Å². The first-order valence-corrected chi connectivity index (χ1v) is 4.98. The SMILES string of the molecule is Cc1ccc2[nH]nc(-c3nn[nH]n3)c(=O)c2c1. The minimum Gasteiger partial charge on any atom is -0.287 e. The lowest BCUT2D eigenvalue weighted by Gasteiger charge is -1.99. The fraction of sp³-hybridized carbons (Fsp3) is 0.100. The van der Waals surface area contributed by atoms with Gasteiger partial charge in [0, 0.05) is 5.39 Å². The third-order valence-corrected chi connectivity index (χ3v) is 2.48. The van der Waals surface area contributed by atoms with Gasteiger partial charge in [-0.15, -0.1) is 10.2 Å². The van der Waals surface area contributed by atoms with E-state index in [4.69, 9.17) is 0 Å². The molecule has 0 spiro atoms. The van der Waals surface area contributed by atoms with Gasteiger partial charge >= 0.3 is 0 Å². The second-order valence-corrected chi connectivity index (χ2v) is 3.69. The maximum absolute atomic E-state index is 12.2. The van der Waals surface area contributed by atoms with Crippen LogP contribution in [-0.4, -0.2) is 30.8 Å². The number of rotatable bonds is 1. The molecule has 0 aliphatic carbocycles. The van der Waals surface area contributed by atoms with E-state index >= 15 is 0 Å². The molecule has 3 aromatic rings. The van der Waals surface area contributed by atoms with Gasteiger partial charge in [0.05, 0.1) is 5.52 Å². The molecule has 0 saturated heterocycles. The minimum atomic E-state index is -0.205. The predicted molar refractivity (Wildman–Crippen MR) is 60.3 cm³/mol. The molecule has 2 N–H and O–H groups in total. The summed E-state index contributed by atoms with van der Waals surface area (Å²) < 4.78 is 0. The van der Waals surface area contributed by atoms with Crippen LogP contribution < -0.4 is 5.43 Å². The molecular formula is C10H8N6O. The molecule has 17 heavy (non-hydrogen) atoms. The lowest BCUT2D eigenvalue weighted by Crippen LogP contribution is -2.10. The highest BCUT2D eigenvalue weighted by Crippen LogP contribution is 2.12. The first-order chi connectivity index (χ1) is 8.25. The molecule has 0 aliphatic rings. The van der Waals surface area contributed by atoms with Gasteiger partial charge in [-0.25, -0.2) is 0 Å². The van der Waals surface area contributed by atoms with Gasteiger partial charge in [-0.2, -0.15) is 10.3 Å². The number of nitrogens with one attached hydrogen (secondary N) is 2. The monoisotopic (exact) mass is 228 g/mol. The highest BCUT2D eigenvalue weighted by atomic mass is 16.1. The lowest BCUT2D eigenvalue weighted by atomic mass is 10.1. The van der Waals surface area contributed by atoms with Crippen LogP contribution in [0.1, 0.15) is 5.56 Å². The van der Waals surface area contributed by atoms with E-state index in [0.717, 1.165) is 5.56 Å². The molecule has 2 aromatic heterocycles. The Morgan fingerprint density at radius 2 is 2.12 bits per heavy atom. The van der Waals surface area contributed by atoms with Gasteiger partial charge in [0.15, 0.2) is 5.69 Å². The molecule has 0 bridgehead atoms. The quantitative estimate of drug-likeness (QED) is 0.628. The first kappa shape index (κ1) is 9.64. The normalized spacial score (nSPS) is 10.9. The van der Waals surface area contributed by atoms with Gasteiger partial charge in [-0.1, -0.05) is 11.6 Å². The molecule has 84 valence electrons. The fourth-order valence-corrected chi connectivity index (χ4v) is 1.65. The average Bonchev–Trinajstić information content (AvgIpc) is 2.84. The molecule has 3 rings (SSSR count). The summed E-state index contributed by atoms with van der Waals surface area (Å²) in [6, 6.07) is 5.53. The summed E-state index contributed by atoms with van der Waals surface area (Å²) in [5.41, 5.74) is 1.65. The van der Waals surface area contributed by atoms with E-state index in [1.807, 2.05) is 19.1 Å².